The predicted molar refractivity (Wildman–Crippen MR) is 48.6 cm³/mol. The van der Waals surface area contributed by atoms with Crippen molar-refractivity contribution in [1.82, 2.24) is 4.90 Å². The van der Waals surface area contributed by atoms with Gasteiger partial charge in [0.1, 0.15) is 0 Å². The highest BCUT2D eigenvalue weighted by atomic mass is 16.4. The van der Waals surface area contributed by atoms with Crippen LogP contribution in [0.1, 0.15) is 19.8 Å². The molecule has 1 aliphatic rings. The van der Waals surface area contributed by atoms with E-state index in [0.29, 0.717) is 19.5 Å². The van der Waals surface area contributed by atoms with Crippen LogP contribution in [0.3, 0.4) is 0 Å². The maximum atomic E-state index is 11.0. The summed E-state index contributed by atoms with van der Waals surface area (Å²) >= 11 is 0. The van der Waals surface area contributed by atoms with Crippen LogP contribution in [0.25, 0.3) is 0 Å². The Morgan fingerprint density at radius 1 is 1.50 bits per heavy atom. The number of hydrogen-bond donors (Lipinski definition) is 2. The van der Waals surface area contributed by atoms with Gasteiger partial charge in [0.15, 0.2) is 6.10 Å². The third kappa shape index (κ3) is 2.45. The third-order valence-electron chi connectivity index (χ3n) is 2.60. The summed E-state index contributed by atoms with van der Waals surface area (Å²) in [6.07, 6.45) is 0.0726. The number of likely N-dealkylation sites (tertiary alicyclic amines) is 1. The molecule has 1 fully saturated rings. The highest BCUT2D eigenvalue weighted by molar-refractivity contribution is 5.74. The molecular weight excluding hydrogens is 186 g/mol. The maximum absolute atomic E-state index is 11.0. The van der Waals surface area contributed by atoms with Crippen LogP contribution in [-0.4, -0.2) is 46.2 Å². The number of carboxylic acid groups (broad SMARTS) is 1. The van der Waals surface area contributed by atoms with Crippen LogP contribution >= 0.6 is 0 Å². The van der Waals surface area contributed by atoms with Gasteiger partial charge in [0.05, 0.1) is 0 Å². The van der Waals surface area contributed by atoms with E-state index >= 15 is 0 Å². The molecule has 1 saturated heterocycles. The largest absolute Gasteiger partial charge is 0.479 e. The van der Waals surface area contributed by atoms with Crippen molar-refractivity contribution in [2.75, 3.05) is 13.1 Å². The minimum Gasteiger partial charge on any atom is -0.479 e. The van der Waals surface area contributed by atoms with Gasteiger partial charge >= 0.3 is 5.97 Å². The van der Waals surface area contributed by atoms with Crippen molar-refractivity contribution < 1.29 is 19.8 Å². The maximum Gasteiger partial charge on any atom is 0.332 e. The van der Waals surface area contributed by atoms with Gasteiger partial charge in [-0.3, -0.25) is 4.79 Å². The summed E-state index contributed by atoms with van der Waals surface area (Å²) in [7, 11) is 0. The number of carbonyl (C=O) groups is 2. The van der Waals surface area contributed by atoms with E-state index < -0.39 is 12.1 Å². The van der Waals surface area contributed by atoms with Crippen molar-refractivity contribution in [3.8, 4) is 0 Å². The summed E-state index contributed by atoms with van der Waals surface area (Å²) in [6, 6.07) is 0. The standard InChI is InChI=1S/C9H15NO4/c1-6(11)10-4-2-3-7(5-10)8(12)9(13)14/h7-8,12H,2-5H2,1H3,(H,13,14). The molecule has 0 saturated carbocycles. The Labute approximate surface area is 82.3 Å². The number of hydrogen-bond acceptors (Lipinski definition) is 3. The molecule has 1 rings (SSSR count). The Balaban J connectivity index is 2.55. The lowest BCUT2D eigenvalue weighted by Gasteiger charge is -2.33. The molecule has 0 aliphatic carbocycles. The Morgan fingerprint density at radius 3 is 2.64 bits per heavy atom. The van der Waals surface area contributed by atoms with E-state index in [-0.39, 0.29) is 11.8 Å². The molecule has 0 aromatic carbocycles. The molecule has 2 N–H and O–H groups in total. The first-order valence-corrected chi connectivity index (χ1v) is 4.68. The average molecular weight is 201 g/mol. The summed E-state index contributed by atoms with van der Waals surface area (Å²) in [6.45, 7) is 2.47. The van der Waals surface area contributed by atoms with Gasteiger partial charge in [0.25, 0.3) is 0 Å². The lowest BCUT2D eigenvalue weighted by Crippen LogP contribution is -2.44. The van der Waals surface area contributed by atoms with Crippen LogP contribution in [0.2, 0.25) is 0 Å². The number of amides is 1. The van der Waals surface area contributed by atoms with Crippen LogP contribution in [0, 0.1) is 5.92 Å². The lowest BCUT2D eigenvalue weighted by atomic mass is 9.92. The van der Waals surface area contributed by atoms with Crippen LogP contribution in [0.5, 0.6) is 0 Å². The van der Waals surface area contributed by atoms with Crippen molar-refractivity contribution >= 4 is 11.9 Å². The van der Waals surface area contributed by atoms with E-state index in [1.807, 2.05) is 0 Å². The summed E-state index contributed by atoms with van der Waals surface area (Å²) < 4.78 is 0. The lowest BCUT2D eigenvalue weighted by molar-refractivity contribution is -0.152. The van der Waals surface area contributed by atoms with Crippen molar-refractivity contribution in [2.24, 2.45) is 5.92 Å². The summed E-state index contributed by atoms with van der Waals surface area (Å²) in [5, 5.41) is 17.9. The number of carboxylic acids is 1. The zero-order chi connectivity index (χ0) is 10.7. The molecule has 0 aromatic heterocycles. The molecule has 0 bridgehead atoms. The number of piperidine rings is 1. The van der Waals surface area contributed by atoms with E-state index in [1.165, 1.54) is 6.92 Å². The van der Waals surface area contributed by atoms with Crippen molar-refractivity contribution in [3.05, 3.63) is 0 Å². The molecule has 5 nitrogen and oxygen atoms in total. The normalized spacial score (nSPS) is 24.4. The second-order valence-electron chi connectivity index (χ2n) is 3.65. The number of carbonyl (C=O) groups excluding carboxylic acids is 1. The van der Waals surface area contributed by atoms with Crippen LogP contribution in [0.15, 0.2) is 0 Å². The molecule has 2 unspecified atom stereocenters. The van der Waals surface area contributed by atoms with E-state index in [4.69, 9.17) is 5.11 Å². The molecule has 5 heteroatoms. The number of rotatable bonds is 2. The average Bonchev–Trinajstić information content (AvgIpc) is 2.16. The first-order valence-electron chi connectivity index (χ1n) is 4.68. The highest BCUT2D eigenvalue weighted by Crippen LogP contribution is 2.19. The van der Waals surface area contributed by atoms with E-state index in [2.05, 4.69) is 0 Å². The van der Waals surface area contributed by atoms with Gasteiger partial charge in [-0.1, -0.05) is 0 Å². The molecule has 0 radical (unpaired) electrons. The van der Waals surface area contributed by atoms with Crippen molar-refractivity contribution in [1.29, 1.82) is 0 Å². The number of aliphatic carboxylic acids is 1. The third-order valence-corrected chi connectivity index (χ3v) is 2.60. The highest BCUT2D eigenvalue weighted by Gasteiger charge is 2.30. The van der Waals surface area contributed by atoms with Gasteiger partial charge in [-0.15, -0.1) is 0 Å². The topological polar surface area (TPSA) is 77.8 Å². The summed E-state index contributed by atoms with van der Waals surface area (Å²) in [5.74, 6) is -1.60. The first-order chi connectivity index (χ1) is 6.52. The molecule has 80 valence electrons. The van der Waals surface area contributed by atoms with Crippen LogP contribution in [-0.2, 0) is 9.59 Å². The second kappa shape index (κ2) is 4.41. The zero-order valence-corrected chi connectivity index (χ0v) is 8.14. The summed E-state index contributed by atoms with van der Waals surface area (Å²) in [4.78, 5) is 23.1. The van der Waals surface area contributed by atoms with Gasteiger partial charge in [0, 0.05) is 25.9 Å². The number of aliphatic hydroxyl groups is 1. The van der Waals surface area contributed by atoms with E-state index in [9.17, 15) is 14.7 Å². The molecule has 14 heavy (non-hydrogen) atoms. The Hall–Kier alpha value is -1.10. The first kappa shape index (κ1) is 11.0. The molecule has 1 amide bonds. The Bertz CT molecular complexity index is 229. The van der Waals surface area contributed by atoms with Crippen molar-refractivity contribution in [2.45, 2.75) is 25.9 Å². The zero-order valence-electron chi connectivity index (χ0n) is 8.14. The van der Waals surface area contributed by atoms with Gasteiger partial charge in [-0.05, 0) is 12.8 Å². The molecule has 2 atom stereocenters. The smallest absolute Gasteiger partial charge is 0.332 e. The minimum atomic E-state index is -1.35. The van der Waals surface area contributed by atoms with E-state index in [0.717, 1.165) is 6.42 Å². The molecule has 1 heterocycles. The Morgan fingerprint density at radius 2 is 2.14 bits per heavy atom. The molecule has 1 aliphatic heterocycles. The fourth-order valence-corrected chi connectivity index (χ4v) is 1.76. The van der Waals surface area contributed by atoms with Gasteiger partial charge in [-0.25, -0.2) is 4.79 Å². The number of aliphatic hydroxyl groups excluding tert-OH is 1. The molecular formula is C9H15NO4. The minimum absolute atomic E-state index is 0.0627. The quantitative estimate of drug-likeness (QED) is 0.642. The monoisotopic (exact) mass is 201 g/mol. The molecule has 0 spiro atoms. The Kier molecular flexibility index (Phi) is 3.46. The van der Waals surface area contributed by atoms with Crippen molar-refractivity contribution in [3.63, 3.8) is 0 Å². The van der Waals surface area contributed by atoms with Gasteiger partial charge in [0.2, 0.25) is 5.91 Å². The van der Waals surface area contributed by atoms with Crippen LogP contribution < -0.4 is 0 Å². The van der Waals surface area contributed by atoms with Gasteiger partial charge in [-0.2, -0.15) is 0 Å². The SMILES string of the molecule is CC(=O)N1CCCC(C(O)C(=O)O)C1. The second-order valence-corrected chi connectivity index (χ2v) is 3.65. The van der Waals surface area contributed by atoms with Crippen LogP contribution in [0.4, 0.5) is 0 Å². The molecule has 0 aromatic rings. The predicted octanol–water partition coefficient (Wildman–Crippen LogP) is -0.310. The number of nitrogens with zero attached hydrogens (tertiary/aromatic N) is 1. The fourth-order valence-electron chi connectivity index (χ4n) is 1.76. The fraction of sp³-hybridized carbons (Fsp3) is 0.778. The van der Waals surface area contributed by atoms with E-state index in [1.54, 1.807) is 4.90 Å². The van der Waals surface area contributed by atoms with Gasteiger partial charge < -0.3 is 15.1 Å². The summed E-state index contributed by atoms with van der Waals surface area (Å²) in [5.41, 5.74) is 0.